The summed E-state index contributed by atoms with van der Waals surface area (Å²) in [4.78, 5) is 10.9. The highest BCUT2D eigenvalue weighted by Gasteiger charge is 2.26. The van der Waals surface area contributed by atoms with Gasteiger partial charge in [0.15, 0.2) is 5.82 Å². The highest BCUT2D eigenvalue weighted by Crippen LogP contribution is 2.22. The summed E-state index contributed by atoms with van der Waals surface area (Å²) in [6.07, 6.45) is 5.68. The summed E-state index contributed by atoms with van der Waals surface area (Å²) in [6, 6.07) is 10.3. The molecule has 23 heavy (non-hydrogen) atoms. The van der Waals surface area contributed by atoms with Crippen LogP contribution in [-0.2, 0) is 13.1 Å². The van der Waals surface area contributed by atoms with Crippen molar-refractivity contribution in [2.24, 2.45) is 0 Å². The van der Waals surface area contributed by atoms with Gasteiger partial charge < -0.3 is 4.52 Å². The van der Waals surface area contributed by atoms with Gasteiger partial charge in [-0.15, -0.1) is 0 Å². The molecule has 0 spiro atoms. The number of aromatic nitrogens is 5. The van der Waals surface area contributed by atoms with Crippen molar-refractivity contribution in [1.82, 2.24) is 29.8 Å². The Hall–Kier alpha value is -2.54. The Morgan fingerprint density at radius 1 is 1.22 bits per heavy atom. The quantitative estimate of drug-likeness (QED) is 0.717. The molecule has 118 valence electrons. The van der Waals surface area contributed by atoms with Gasteiger partial charge in [0, 0.05) is 11.6 Å². The van der Waals surface area contributed by atoms with E-state index >= 15 is 0 Å². The zero-order chi connectivity index (χ0) is 15.5. The summed E-state index contributed by atoms with van der Waals surface area (Å²) >= 11 is 0. The van der Waals surface area contributed by atoms with Crippen LogP contribution in [0.2, 0.25) is 0 Å². The lowest BCUT2D eigenvalue weighted by molar-refractivity contribution is 0.211. The molecule has 3 heterocycles. The van der Waals surface area contributed by atoms with E-state index in [1.165, 1.54) is 6.42 Å². The molecule has 0 N–H and O–H groups in total. The van der Waals surface area contributed by atoms with Crippen molar-refractivity contribution in [3.63, 3.8) is 0 Å². The molecule has 1 fully saturated rings. The topological polar surface area (TPSA) is 72.9 Å². The summed E-state index contributed by atoms with van der Waals surface area (Å²) in [5.41, 5.74) is 0.951. The van der Waals surface area contributed by atoms with Crippen LogP contribution in [0.4, 0.5) is 0 Å². The predicted molar refractivity (Wildman–Crippen MR) is 83.2 cm³/mol. The molecule has 1 unspecified atom stereocenters. The van der Waals surface area contributed by atoms with Crippen LogP contribution in [0, 0.1) is 0 Å². The van der Waals surface area contributed by atoms with Crippen LogP contribution in [0.3, 0.4) is 0 Å². The van der Waals surface area contributed by atoms with E-state index in [1.54, 1.807) is 12.7 Å². The molecule has 1 aliphatic rings. The van der Waals surface area contributed by atoms with Gasteiger partial charge >= 0.3 is 0 Å². The van der Waals surface area contributed by atoms with Crippen LogP contribution in [0.1, 0.15) is 18.7 Å². The number of benzene rings is 1. The van der Waals surface area contributed by atoms with Gasteiger partial charge in [0.05, 0.1) is 13.1 Å². The van der Waals surface area contributed by atoms with Crippen molar-refractivity contribution in [3.8, 4) is 11.5 Å². The van der Waals surface area contributed by atoms with Crippen LogP contribution < -0.4 is 0 Å². The zero-order valence-corrected chi connectivity index (χ0v) is 12.7. The molecule has 3 aromatic rings. The third-order valence-electron chi connectivity index (χ3n) is 4.20. The van der Waals surface area contributed by atoms with Crippen molar-refractivity contribution >= 4 is 0 Å². The van der Waals surface area contributed by atoms with E-state index in [0.717, 1.165) is 30.9 Å². The van der Waals surface area contributed by atoms with Crippen molar-refractivity contribution < 1.29 is 4.52 Å². The standard InChI is InChI=1S/C16H18N6O/c1-2-5-13(6-3-1)16-19-15(20-23-16)10-21-8-4-7-14(21)9-22-12-17-11-18-22/h1-3,5-6,11-12,14H,4,7-10H2. The molecule has 1 aliphatic heterocycles. The van der Waals surface area contributed by atoms with Gasteiger partial charge in [0.1, 0.15) is 12.7 Å². The Balaban J connectivity index is 1.44. The predicted octanol–water partition coefficient (Wildman–Crippen LogP) is 1.99. The molecule has 1 aromatic carbocycles. The number of likely N-dealkylation sites (tertiary alicyclic amines) is 1. The Labute approximate surface area is 134 Å². The summed E-state index contributed by atoms with van der Waals surface area (Å²) in [6.45, 7) is 2.60. The van der Waals surface area contributed by atoms with Crippen LogP contribution >= 0.6 is 0 Å². The Morgan fingerprint density at radius 2 is 2.13 bits per heavy atom. The van der Waals surface area contributed by atoms with E-state index in [1.807, 2.05) is 35.0 Å². The van der Waals surface area contributed by atoms with Crippen LogP contribution in [-0.4, -0.2) is 42.4 Å². The van der Waals surface area contributed by atoms with Crippen LogP contribution in [0.25, 0.3) is 11.5 Å². The minimum Gasteiger partial charge on any atom is -0.334 e. The molecule has 1 saturated heterocycles. The van der Waals surface area contributed by atoms with Crippen molar-refractivity contribution in [2.45, 2.75) is 32.0 Å². The summed E-state index contributed by atoms with van der Waals surface area (Å²) < 4.78 is 7.27. The molecule has 0 bridgehead atoms. The maximum absolute atomic E-state index is 5.39. The monoisotopic (exact) mass is 310 g/mol. The lowest BCUT2D eigenvalue weighted by Gasteiger charge is -2.22. The maximum atomic E-state index is 5.39. The van der Waals surface area contributed by atoms with Gasteiger partial charge in [-0.2, -0.15) is 10.1 Å². The Kier molecular flexibility index (Phi) is 3.85. The first-order valence-electron chi connectivity index (χ1n) is 7.83. The summed E-state index contributed by atoms with van der Waals surface area (Å²) in [5.74, 6) is 1.31. The Morgan fingerprint density at radius 3 is 2.96 bits per heavy atom. The summed E-state index contributed by atoms with van der Waals surface area (Å²) in [7, 11) is 0. The molecular formula is C16H18N6O. The van der Waals surface area contributed by atoms with E-state index < -0.39 is 0 Å². The molecule has 0 saturated carbocycles. The Bertz CT molecular complexity index is 739. The maximum Gasteiger partial charge on any atom is 0.257 e. The van der Waals surface area contributed by atoms with Gasteiger partial charge in [-0.1, -0.05) is 23.4 Å². The van der Waals surface area contributed by atoms with Crippen molar-refractivity contribution in [2.75, 3.05) is 6.54 Å². The second kappa shape index (κ2) is 6.29. The molecule has 0 amide bonds. The number of hydrogen-bond acceptors (Lipinski definition) is 6. The summed E-state index contributed by atoms with van der Waals surface area (Å²) in [5, 5.41) is 8.32. The lowest BCUT2D eigenvalue weighted by Crippen LogP contribution is -2.33. The van der Waals surface area contributed by atoms with E-state index in [0.29, 0.717) is 18.5 Å². The molecule has 4 rings (SSSR count). The highest BCUT2D eigenvalue weighted by molar-refractivity contribution is 5.51. The minimum atomic E-state index is 0.440. The molecule has 7 heteroatoms. The molecule has 7 nitrogen and oxygen atoms in total. The largest absolute Gasteiger partial charge is 0.334 e. The van der Waals surface area contributed by atoms with E-state index in [-0.39, 0.29) is 0 Å². The fraction of sp³-hybridized carbons (Fsp3) is 0.375. The molecular weight excluding hydrogens is 292 g/mol. The van der Waals surface area contributed by atoms with Crippen LogP contribution in [0.15, 0.2) is 47.5 Å². The van der Waals surface area contributed by atoms with Crippen molar-refractivity contribution in [1.29, 1.82) is 0 Å². The second-order valence-corrected chi connectivity index (χ2v) is 5.77. The third-order valence-corrected chi connectivity index (χ3v) is 4.20. The van der Waals surface area contributed by atoms with E-state index in [9.17, 15) is 0 Å². The van der Waals surface area contributed by atoms with Gasteiger partial charge in [-0.05, 0) is 31.5 Å². The van der Waals surface area contributed by atoms with Gasteiger partial charge in [-0.25, -0.2) is 4.98 Å². The molecule has 0 aliphatic carbocycles. The fourth-order valence-corrected chi connectivity index (χ4v) is 3.05. The van der Waals surface area contributed by atoms with E-state index in [4.69, 9.17) is 4.52 Å². The van der Waals surface area contributed by atoms with Crippen molar-refractivity contribution in [3.05, 3.63) is 48.8 Å². The SMILES string of the molecule is c1ccc(-c2nc(CN3CCCC3Cn3cncn3)no2)cc1. The molecule has 2 aromatic heterocycles. The second-order valence-electron chi connectivity index (χ2n) is 5.77. The number of nitrogens with zero attached hydrogens (tertiary/aromatic N) is 6. The molecule has 1 atom stereocenters. The zero-order valence-electron chi connectivity index (χ0n) is 12.7. The highest BCUT2D eigenvalue weighted by atomic mass is 16.5. The van der Waals surface area contributed by atoms with E-state index in [2.05, 4.69) is 25.1 Å². The lowest BCUT2D eigenvalue weighted by atomic mass is 10.2. The average molecular weight is 310 g/mol. The molecule has 0 radical (unpaired) electrons. The number of rotatable bonds is 5. The first kappa shape index (κ1) is 14.1. The normalized spacial score (nSPS) is 18.5. The fourth-order valence-electron chi connectivity index (χ4n) is 3.05. The smallest absolute Gasteiger partial charge is 0.257 e. The first-order valence-corrected chi connectivity index (χ1v) is 7.83. The van der Waals surface area contributed by atoms with Gasteiger partial charge in [-0.3, -0.25) is 9.58 Å². The minimum absolute atomic E-state index is 0.440. The number of hydrogen-bond donors (Lipinski definition) is 0. The first-order chi connectivity index (χ1) is 11.4. The van der Waals surface area contributed by atoms with Crippen LogP contribution in [0.5, 0.6) is 0 Å². The van der Waals surface area contributed by atoms with Gasteiger partial charge in [0.25, 0.3) is 5.89 Å². The average Bonchev–Trinajstić information content (AvgIpc) is 3.33. The van der Waals surface area contributed by atoms with Gasteiger partial charge in [0.2, 0.25) is 0 Å². The third kappa shape index (κ3) is 3.14.